The summed E-state index contributed by atoms with van der Waals surface area (Å²) in [4.78, 5) is 21.8. The molecule has 3 N–H and O–H groups in total. The summed E-state index contributed by atoms with van der Waals surface area (Å²) < 4.78 is 37.8. The third kappa shape index (κ3) is 9.55. The van der Waals surface area contributed by atoms with Crippen LogP contribution in [0.2, 0.25) is 0 Å². The number of carboxylic acid groups (broad SMARTS) is 1. The molecule has 0 fully saturated rings. The Morgan fingerprint density at radius 3 is 2.30 bits per heavy atom. The zero-order chi connectivity index (χ0) is 25.1. The minimum Gasteiger partial charge on any atom is -0.481 e. The van der Waals surface area contributed by atoms with Gasteiger partial charge in [0.2, 0.25) is 0 Å². The quantitative estimate of drug-likeness (QED) is 0.130. The van der Waals surface area contributed by atoms with E-state index in [4.69, 9.17) is 5.11 Å². The number of esters is 1. The minimum atomic E-state index is -4.37. The predicted octanol–water partition coefficient (Wildman–Crippen LogP) is 4.95. The lowest BCUT2D eigenvalue weighted by Gasteiger charge is -2.33. The Labute approximate surface area is 197 Å². The van der Waals surface area contributed by atoms with E-state index in [1.807, 2.05) is 13.8 Å². The van der Waals surface area contributed by atoms with Crippen LogP contribution in [0.3, 0.4) is 0 Å². The summed E-state index contributed by atoms with van der Waals surface area (Å²) in [5, 5.41) is 12.1. The van der Waals surface area contributed by atoms with Gasteiger partial charge in [-0.25, -0.2) is 0 Å². The molecule has 0 amide bonds. The van der Waals surface area contributed by atoms with Gasteiger partial charge in [-0.2, -0.15) is 8.42 Å². The summed E-state index contributed by atoms with van der Waals surface area (Å²) in [5.41, 5.74) is 1.77. The first kappa shape index (κ1) is 28.6. The Morgan fingerprint density at radius 1 is 1.09 bits per heavy atom. The number of aliphatic carboxylic acids is 1. The Balaban J connectivity index is 3.03. The van der Waals surface area contributed by atoms with Gasteiger partial charge in [-0.3, -0.25) is 14.1 Å². The van der Waals surface area contributed by atoms with E-state index < -0.39 is 21.5 Å². The predicted molar refractivity (Wildman–Crippen MR) is 128 cm³/mol. The van der Waals surface area contributed by atoms with Gasteiger partial charge in [0.25, 0.3) is 10.1 Å². The van der Waals surface area contributed by atoms with Gasteiger partial charge in [-0.15, -0.1) is 0 Å². The molecule has 0 aliphatic heterocycles. The Morgan fingerprint density at radius 2 is 1.73 bits per heavy atom. The van der Waals surface area contributed by atoms with Crippen LogP contribution in [0.15, 0.2) is 35.2 Å². The molecule has 0 bridgehead atoms. The van der Waals surface area contributed by atoms with Crippen LogP contribution >= 0.6 is 0 Å². The van der Waals surface area contributed by atoms with Crippen molar-refractivity contribution < 1.29 is 32.4 Å². The van der Waals surface area contributed by atoms with Gasteiger partial charge < -0.3 is 15.2 Å². The van der Waals surface area contributed by atoms with Crippen molar-refractivity contribution in [3.63, 3.8) is 0 Å². The second-order valence-electron chi connectivity index (χ2n) is 8.56. The molecule has 0 aliphatic carbocycles. The molecule has 0 saturated heterocycles. The van der Waals surface area contributed by atoms with Crippen molar-refractivity contribution in [1.29, 1.82) is 0 Å². The molecule has 0 heterocycles. The zero-order valence-corrected chi connectivity index (χ0v) is 20.7. The van der Waals surface area contributed by atoms with Crippen molar-refractivity contribution in [2.75, 3.05) is 19.0 Å². The molecule has 1 aromatic carbocycles. The van der Waals surface area contributed by atoms with Crippen molar-refractivity contribution in [1.82, 2.24) is 0 Å². The molecule has 0 aliphatic rings. The number of carbonyl (C=O) groups excluding carboxylic acids is 1. The van der Waals surface area contributed by atoms with Crippen molar-refractivity contribution in [3.8, 4) is 0 Å². The number of ether oxygens (including phenoxy) is 1. The first-order valence-corrected chi connectivity index (χ1v) is 12.7. The molecule has 0 aromatic heterocycles. The fourth-order valence-corrected chi connectivity index (χ4v) is 4.21. The minimum absolute atomic E-state index is 0.137. The molecule has 1 atom stereocenters. The van der Waals surface area contributed by atoms with Crippen LogP contribution in [-0.4, -0.2) is 43.7 Å². The molecule has 8 nitrogen and oxygen atoms in total. The summed E-state index contributed by atoms with van der Waals surface area (Å²) in [6.07, 6.45) is 5.61. The number of hydrogen-bond donors (Lipinski definition) is 3. The van der Waals surface area contributed by atoms with E-state index in [2.05, 4.69) is 16.6 Å². The van der Waals surface area contributed by atoms with Gasteiger partial charge in [-0.05, 0) is 56.4 Å². The Kier molecular flexibility index (Phi) is 11.6. The zero-order valence-electron chi connectivity index (χ0n) is 19.9. The number of rotatable bonds is 16. The van der Waals surface area contributed by atoms with Gasteiger partial charge in [0.15, 0.2) is 0 Å². The largest absolute Gasteiger partial charge is 0.481 e. The first-order chi connectivity index (χ1) is 15.4. The number of hydrogen-bond acceptors (Lipinski definition) is 6. The van der Waals surface area contributed by atoms with Crippen LogP contribution in [0, 0.1) is 0 Å². The van der Waals surface area contributed by atoms with Gasteiger partial charge in [0.1, 0.15) is 0 Å². The van der Waals surface area contributed by atoms with Crippen LogP contribution < -0.4 is 5.32 Å². The lowest BCUT2D eigenvalue weighted by molar-refractivity contribution is -0.141. The highest BCUT2D eigenvalue weighted by Crippen LogP contribution is 2.41. The number of nitrogens with one attached hydrogen (secondary N) is 1. The SMILES string of the molecule is C=C(C)C(C)(CCCCCC(=O)OC)c1cc(S(=O)(=O)O)ccc1NCCCCCC(=O)O. The second-order valence-corrected chi connectivity index (χ2v) is 9.98. The van der Waals surface area contributed by atoms with Crippen molar-refractivity contribution >= 4 is 27.7 Å². The second kappa shape index (κ2) is 13.3. The normalized spacial score (nSPS) is 13.2. The Bertz CT molecular complexity index is 927. The number of anilines is 1. The fourth-order valence-electron chi connectivity index (χ4n) is 3.70. The average Bonchev–Trinajstić information content (AvgIpc) is 2.74. The molecule has 0 radical (unpaired) electrons. The first-order valence-electron chi connectivity index (χ1n) is 11.2. The van der Waals surface area contributed by atoms with E-state index >= 15 is 0 Å². The van der Waals surface area contributed by atoms with Gasteiger partial charge in [-0.1, -0.05) is 38.3 Å². The van der Waals surface area contributed by atoms with E-state index in [-0.39, 0.29) is 17.3 Å². The number of carbonyl (C=O) groups is 2. The van der Waals surface area contributed by atoms with E-state index in [0.717, 1.165) is 42.5 Å². The van der Waals surface area contributed by atoms with Crippen molar-refractivity contribution in [2.45, 2.75) is 81.9 Å². The van der Waals surface area contributed by atoms with Crippen LogP contribution in [0.4, 0.5) is 5.69 Å². The topological polar surface area (TPSA) is 130 Å². The maximum Gasteiger partial charge on any atom is 0.305 e. The summed E-state index contributed by atoms with van der Waals surface area (Å²) >= 11 is 0. The third-order valence-corrected chi connectivity index (χ3v) is 6.84. The average molecular weight is 484 g/mol. The van der Waals surface area contributed by atoms with Crippen LogP contribution in [-0.2, 0) is 29.9 Å². The van der Waals surface area contributed by atoms with E-state index in [1.165, 1.54) is 19.2 Å². The van der Waals surface area contributed by atoms with Crippen LogP contribution in [0.5, 0.6) is 0 Å². The highest BCUT2D eigenvalue weighted by Gasteiger charge is 2.31. The summed E-state index contributed by atoms with van der Waals surface area (Å²) in [7, 11) is -3.01. The van der Waals surface area contributed by atoms with Gasteiger partial charge in [0.05, 0.1) is 12.0 Å². The lowest BCUT2D eigenvalue weighted by Crippen LogP contribution is -2.25. The third-order valence-electron chi connectivity index (χ3n) is 5.99. The Hall–Kier alpha value is -2.39. The van der Waals surface area contributed by atoms with Crippen molar-refractivity contribution in [2.24, 2.45) is 0 Å². The highest BCUT2D eigenvalue weighted by molar-refractivity contribution is 7.85. The molecule has 9 heteroatoms. The summed E-state index contributed by atoms with van der Waals surface area (Å²) in [5.74, 6) is -1.05. The highest BCUT2D eigenvalue weighted by atomic mass is 32.2. The van der Waals surface area contributed by atoms with Gasteiger partial charge in [0, 0.05) is 30.5 Å². The molecule has 0 saturated carbocycles. The van der Waals surface area contributed by atoms with E-state index in [9.17, 15) is 22.6 Å². The molecule has 33 heavy (non-hydrogen) atoms. The lowest BCUT2D eigenvalue weighted by atomic mass is 9.72. The van der Waals surface area contributed by atoms with Crippen LogP contribution in [0.25, 0.3) is 0 Å². The smallest absolute Gasteiger partial charge is 0.305 e. The number of allylic oxidation sites excluding steroid dienone is 1. The monoisotopic (exact) mass is 483 g/mol. The number of carboxylic acids is 1. The summed E-state index contributed by atoms with van der Waals surface area (Å²) in [6, 6.07) is 4.50. The number of benzene rings is 1. The molecule has 1 unspecified atom stereocenters. The molecular formula is C24H37NO7S. The van der Waals surface area contributed by atoms with Gasteiger partial charge >= 0.3 is 11.9 Å². The molecule has 0 spiro atoms. The molecule has 1 aromatic rings. The number of methoxy groups -OCH3 is 1. The maximum absolute atomic E-state index is 11.8. The molecule has 186 valence electrons. The maximum atomic E-state index is 11.8. The molecule has 1 rings (SSSR count). The fraction of sp³-hybridized carbons (Fsp3) is 0.583. The standard InChI is InChI=1S/C24H37NO7S/c1-18(2)24(3,15-9-5-8-12-23(28)32-4)20-17-19(33(29,30)31)13-14-21(20)25-16-10-6-7-11-22(26)27/h13-14,17,25H,1,5-12,15-16H2,2-4H3,(H,26,27)(H,29,30,31). The summed E-state index contributed by atoms with van der Waals surface area (Å²) in [6.45, 7) is 8.64. The van der Waals surface area contributed by atoms with E-state index in [1.54, 1.807) is 6.07 Å². The molecular weight excluding hydrogens is 446 g/mol. The number of unbranched alkanes of at least 4 members (excludes halogenated alkanes) is 4. The van der Waals surface area contributed by atoms with Crippen LogP contribution in [0.1, 0.15) is 77.2 Å². The van der Waals surface area contributed by atoms with E-state index in [0.29, 0.717) is 32.2 Å². The van der Waals surface area contributed by atoms with Crippen molar-refractivity contribution in [3.05, 3.63) is 35.9 Å².